The molecule has 1 amide bonds. The largest absolute Gasteiger partial charge is 0.486 e. The minimum atomic E-state index is -4.01. The maximum absolute atomic E-state index is 12.3. The van der Waals surface area contributed by atoms with Crippen LogP contribution in [0, 0.1) is 11.3 Å². The van der Waals surface area contributed by atoms with E-state index in [-0.39, 0.29) is 21.9 Å². The van der Waals surface area contributed by atoms with Crippen LogP contribution in [0.25, 0.3) is 0 Å². The number of nitriles is 1. The van der Waals surface area contributed by atoms with Crippen LogP contribution in [-0.2, 0) is 15.8 Å². The molecular formula is C17H13ClN2O5S. The monoisotopic (exact) mass is 392 g/mol. The first-order chi connectivity index (χ1) is 12.4. The highest BCUT2D eigenvalue weighted by Gasteiger charge is 2.22. The molecule has 1 aliphatic rings. The lowest BCUT2D eigenvalue weighted by molar-refractivity contribution is 0.0980. The quantitative estimate of drug-likeness (QED) is 0.855. The number of carbonyl (C=O) groups excluding carboxylic acids is 1. The molecule has 134 valence electrons. The van der Waals surface area contributed by atoms with Crippen molar-refractivity contribution < 1.29 is 22.7 Å². The summed E-state index contributed by atoms with van der Waals surface area (Å²) in [5, 5.41) is 9.20. The number of fused-ring (bicyclic) bond motifs is 1. The Morgan fingerprint density at radius 1 is 1.23 bits per heavy atom. The summed E-state index contributed by atoms with van der Waals surface area (Å²) in [6.07, 6.45) is 0. The SMILES string of the molecule is N#Cc1ccccc1CS(=O)(=O)NC(=O)c1cc(Cl)c2c(c1)OCCO2. The van der Waals surface area contributed by atoms with Gasteiger partial charge in [0.1, 0.15) is 13.2 Å². The fourth-order valence-electron chi connectivity index (χ4n) is 2.44. The van der Waals surface area contributed by atoms with E-state index in [4.69, 9.17) is 26.3 Å². The fraction of sp³-hybridized carbons (Fsp3) is 0.176. The normalized spacial score (nSPS) is 12.9. The first-order valence-electron chi connectivity index (χ1n) is 7.51. The molecule has 0 bridgehead atoms. The third-order valence-corrected chi connectivity index (χ3v) is 5.06. The van der Waals surface area contributed by atoms with Crippen molar-refractivity contribution in [2.45, 2.75) is 5.75 Å². The summed E-state index contributed by atoms with van der Waals surface area (Å²) in [5.41, 5.74) is 0.555. The van der Waals surface area contributed by atoms with E-state index in [2.05, 4.69) is 0 Å². The Kier molecular flexibility index (Phi) is 5.02. The van der Waals surface area contributed by atoms with Crippen molar-refractivity contribution in [2.24, 2.45) is 0 Å². The molecule has 0 aliphatic carbocycles. The van der Waals surface area contributed by atoms with E-state index in [1.54, 1.807) is 12.1 Å². The van der Waals surface area contributed by atoms with Crippen LogP contribution < -0.4 is 14.2 Å². The van der Waals surface area contributed by atoms with Gasteiger partial charge in [-0.1, -0.05) is 29.8 Å². The summed E-state index contributed by atoms with van der Waals surface area (Å²) in [5.74, 6) is -0.750. The Bertz CT molecular complexity index is 1010. The number of benzene rings is 2. The van der Waals surface area contributed by atoms with Crippen molar-refractivity contribution in [1.29, 1.82) is 5.26 Å². The molecule has 1 N–H and O–H groups in total. The third kappa shape index (κ3) is 3.90. The van der Waals surface area contributed by atoms with E-state index in [1.807, 2.05) is 10.8 Å². The van der Waals surface area contributed by atoms with Crippen molar-refractivity contribution in [3.63, 3.8) is 0 Å². The van der Waals surface area contributed by atoms with Gasteiger partial charge in [-0.25, -0.2) is 13.1 Å². The number of halogens is 1. The van der Waals surface area contributed by atoms with Gasteiger partial charge in [0.25, 0.3) is 5.91 Å². The Morgan fingerprint density at radius 3 is 2.73 bits per heavy atom. The highest BCUT2D eigenvalue weighted by molar-refractivity contribution is 7.89. The van der Waals surface area contributed by atoms with E-state index in [0.29, 0.717) is 24.5 Å². The van der Waals surface area contributed by atoms with Gasteiger partial charge in [-0.05, 0) is 23.8 Å². The van der Waals surface area contributed by atoms with E-state index < -0.39 is 21.7 Å². The second-order valence-corrected chi connectivity index (χ2v) is 7.57. The Hall–Kier alpha value is -2.76. The summed E-state index contributed by atoms with van der Waals surface area (Å²) in [6.45, 7) is 0.641. The summed E-state index contributed by atoms with van der Waals surface area (Å²) >= 11 is 6.06. The molecule has 2 aromatic rings. The van der Waals surface area contributed by atoms with Gasteiger partial charge in [0, 0.05) is 5.56 Å². The number of hydrogen-bond donors (Lipinski definition) is 1. The molecule has 3 rings (SSSR count). The molecule has 0 radical (unpaired) electrons. The molecule has 0 fully saturated rings. The lowest BCUT2D eigenvalue weighted by Gasteiger charge is -2.20. The van der Waals surface area contributed by atoms with Gasteiger partial charge in [0.05, 0.1) is 22.4 Å². The van der Waals surface area contributed by atoms with Crippen molar-refractivity contribution in [3.8, 4) is 17.6 Å². The second kappa shape index (κ2) is 7.23. The van der Waals surface area contributed by atoms with Gasteiger partial charge >= 0.3 is 0 Å². The van der Waals surface area contributed by atoms with Gasteiger partial charge in [-0.2, -0.15) is 5.26 Å². The van der Waals surface area contributed by atoms with E-state index >= 15 is 0 Å². The number of carbonyl (C=O) groups is 1. The highest BCUT2D eigenvalue weighted by Crippen LogP contribution is 2.38. The predicted molar refractivity (Wildman–Crippen MR) is 93.7 cm³/mol. The molecule has 1 heterocycles. The lowest BCUT2D eigenvalue weighted by atomic mass is 10.1. The van der Waals surface area contributed by atoms with E-state index in [0.717, 1.165) is 0 Å². The number of amides is 1. The van der Waals surface area contributed by atoms with Gasteiger partial charge < -0.3 is 9.47 Å². The number of nitrogens with one attached hydrogen (secondary N) is 1. The Morgan fingerprint density at radius 2 is 1.96 bits per heavy atom. The van der Waals surface area contributed by atoms with Crippen LogP contribution in [0.5, 0.6) is 11.5 Å². The van der Waals surface area contributed by atoms with E-state index in [1.165, 1.54) is 24.3 Å². The minimum absolute atomic E-state index is 0.0244. The highest BCUT2D eigenvalue weighted by atomic mass is 35.5. The first-order valence-corrected chi connectivity index (χ1v) is 9.54. The average molecular weight is 393 g/mol. The Balaban J connectivity index is 1.81. The van der Waals surface area contributed by atoms with Gasteiger partial charge in [-0.15, -0.1) is 0 Å². The molecule has 26 heavy (non-hydrogen) atoms. The first kappa shape index (κ1) is 18.0. The Labute approximate surface area is 155 Å². The predicted octanol–water partition coefficient (Wildman–Crippen LogP) is 2.24. The number of nitrogens with zero attached hydrogens (tertiary/aromatic N) is 1. The number of ether oxygens (including phenoxy) is 2. The number of hydrogen-bond acceptors (Lipinski definition) is 6. The topological polar surface area (TPSA) is 105 Å². The van der Waals surface area contributed by atoms with Crippen LogP contribution >= 0.6 is 11.6 Å². The van der Waals surface area contributed by atoms with Gasteiger partial charge in [0.2, 0.25) is 10.0 Å². The summed E-state index contributed by atoms with van der Waals surface area (Å²) in [6, 6.07) is 10.9. The molecule has 9 heteroatoms. The smallest absolute Gasteiger partial charge is 0.264 e. The zero-order valence-electron chi connectivity index (χ0n) is 13.4. The lowest BCUT2D eigenvalue weighted by Crippen LogP contribution is -2.32. The van der Waals surface area contributed by atoms with Crippen molar-refractivity contribution in [3.05, 3.63) is 58.1 Å². The average Bonchev–Trinajstić information content (AvgIpc) is 2.61. The zero-order valence-corrected chi connectivity index (χ0v) is 14.9. The van der Waals surface area contributed by atoms with Crippen LogP contribution in [0.15, 0.2) is 36.4 Å². The summed E-state index contributed by atoms with van der Waals surface area (Å²) in [4.78, 5) is 12.3. The third-order valence-electron chi connectivity index (χ3n) is 3.59. The van der Waals surface area contributed by atoms with Crippen LogP contribution in [0.2, 0.25) is 5.02 Å². The second-order valence-electron chi connectivity index (χ2n) is 5.44. The molecule has 0 aromatic heterocycles. The molecular weight excluding hydrogens is 380 g/mol. The summed E-state index contributed by atoms with van der Waals surface area (Å²) in [7, 11) is -4.01. The molecule has 1 aliphatic heterocycles. The van der Waals surface area contributed by atoms with Crippen LogP contribution in [-0.4, -0.2) is 27.5 Å². The molecule has 2 aromatic carbocycles. The standard InChI is InChI=1S/C17H13ClN2O5S/c18-14-7-13(8-15-16(14)25-6-5-24-15)17(21)20-26(22,23)10-12-4-2-1-3-11(12)9-19/h1-4,7-8H,5-6,10H2,(H,20,21). The maximum atomic E-state index is 12.3. The van der Waals surface area contributed by atoms with Crippen molar-refractivity contribution in [1.82, 2.24) is 4.72 Å². The molecule has 0 unspecified atom stereocenters. The zero-order chi connectivity index (χ0) is 18.7. The molecule has 7 nitrogen and oxygen atoms in total. The molecule has 0 saturated carbocycles. The molecule has 0 saturated heterocycles. The number of sulfonamides is 1. The fourth-order valence-corrected chi connectivity index (χ4v) is 3.84. The van der Waals surface area contributed by atoms with Crippen LogP contribution in [0.4, 0.5) is 0 Å². The number of rotatable bonds is 4. The molecule has 0 spiro atoms. The van der Waals surface area contributed by atoms with Crippen LogP contribution in [0.3, 0.4) is 0 Å². The van der Waals surface area contributed by atoms with Crippen molar-refractivity contribution >= 4 is 27.5 Å². The summed E-state index contributed by atoms with van der Waals surface area (Å²) < 4.78 is 37.3. The minimum Gasteiger partial charge on any atom is -0.486 e. The van der Waals surface area contributed by atoms with Crippen molar-refractivity contribution in [2.75, 3.05) is 13.2 Å². The molecule has 0 atom stereocenters. The van der Waals surface area contributed by atoms with Gasteiger partial charge in [-0.3, -0.25) is 4.79 Å². The maximum Gasteiger partial charge on any atom is 0.264 e. The van der Waals surface area contributed by atoms with Gasteiger partial charge in [0.15, 0.2) is 11.5 Å². The van der Waals surface area contributed by atoms with E-state index in [9.17, 15) is 13.2 Å². The van der Waals surface area contributed by atoms with Crippen LogP contribution in [0.1, 0.15) is 21.5 Å².